The molecule has 0 saturated heterocycles. The topological polar surface area (TPSA) is 41.1 Å². The zero-order valence-corrected chi connectivity index (χ0v) is 10.5. The Balaban J connectivity index is 2.09. The molecule has 1 aromatic rings. The van der Waals surface area contributed by atoms with Crippen molar-refractivity contribution < 1.29 is 13.2 Å². The molecule has 0 bridgehead atoms. The van der Waals surface area contributed by atoms with Gasteiger partial charge in [-0.05, 0) is 13.5 Å². The molecule has 104 valence electrons. The predicted molar refractivity (Wildman–Crippen MR) is 65.8 cm³/mol. The SMILES string of the molecule is CNCc1cncc(N2CC=C(C(F)(F)F)CC2)n1. The van der Waals surface area contributed by atoms with Crippen molar-refractivity contribution in [3.63, 3.8) is 0 Å². The lowest BCUT2D eigenvalue weighted by molar-refractivity contribution is -0.0944. The second-order valence-corrected chi connectivity index (χ2v) is 4.32. The Labute approximate surface area is 109 Å². The third-order valence-corrected chi connectivity index (χ3v) is 2.93. The third-order valence-electron chi connectivity index (χ3n) is 2.93. The zero-order valence-electron chi connectivity index (χ0n) is 10.5. The van der Waals surface area contributed by atoms with E-state index in [1.165, 1.54) is 6.08 Å². The van der Waals surface area contributed by atoms with Crippen LogP contribution in [-0.2, 0) is 6.54 Å². The summed E-state index contributed by atoms with van der Waals surface area (Å²) in [7, 11) is 1.80. The number of alkyl halides is 3. The molecule has 0 aliphatic carbocycles. The number of nitrogens with zero attached hydrogens (tertiary/aromatic N) is 3. The van der Waals surface area contributed by atoms with Gasteiger partial charge in [0, 0.05) is 31.4 Å². The van der Waals surface area contributed by atoms with Crippen molar-refractivity contribution in [2.75, 3.05) is 25.0 Å². The number of halogens is 3. The first kappa shape index (κ1) is 13.8. The number of rotatable bonds is 3. The lowest BCUT2D eigenvalue weighted by Gasteiger charge is -2.28. The summed E-state index contributed by atoms with van der Waals surface area (Å²) in [6.45, 7) is 1.11. The van der Waals surface area contributed by atoms with Gasteiger partial charge in [-0.3, -0.25) is 4.98 Å². The minimum Gasteiger partial charge on any atom is -0.351 e. The van der Waals surface area contributed by atoms with Gasteiger partial charge in [-0.2, -0.15) is 13.2 Å². The van der Waals surface area contributed by atoms with Crippen LogP contribution >= 0.6 is 0 Å². The third kappa shape index (κ3) is 3.44. The molecule has 1 aromatic heterocycles. The smallest absolute Gasteiger partial charge is 0.351 e. The average molecular weight is 272 g/mol. The summed E-state index contributed by atoms with van der Waals surface area (Å²) < 4.78 is 37.5. The first-order chi connectivity index (χ1) is 9.00. The van der Waals surface area contributed by atoms with Gasteiger partial charge in [0.1, 0.15) is 5.82 Å². The maximum Gasteiger partial charge on any atom is 0.412 e. The lowest BCUT2D eigenvalue weighted by atomic mass is 10.1. The van der Waals surface area contributed by atoms with Crippen molar-refractivity contribution >= 4 is 5.82 Å². The van der Waals surface area contributed by atoms with Crippen LogP contribution in [0.15, 0.2) is 24.0 Å². The summed E-state index contributed by atoms with van der Waals surface area (Å²) in [6, 6.07) is 0. The molecule has 1 N–H and O–H groups in total. The number of hydrogen-bond donors (Lipinski definition) is 1. The van der Waals surface area contributed by atoms with Gasteiger partial charge in [0.05, 0.1) is 11.9 Å². The average Bonchev–Trinajstić information content (AvgIpc) is 2.39. The Morgan fingerprint density at radius 3 is 2.74 bits per heavy atom. The van der Waals surface area contributed by atoms with Crippen LogP contribution in [0.2, 0.25) is 0 Å². The zero-order chi connectivity index (χ0) is 13.9. The predicted octanol–water partition coefficient (Wildman–Crippen LogP) is 1.89. The van der Waals surface area contributed by atoms with Crippen molar-refractivity contribution in [1.29, 1.82) is 0 Å². The monoisotopic (exact) mass is 272 g/mol. The van der Waals surface area contributed by atoms with Gasteiger partial charge in [0.2, 0.25) is 0 Å². The quantitative estimate of drug-likeness (QED) is 0.853. The molecule has 0 amide bonds. The molecule has 0 spiro atoms. The number of hydrogen-bond acceptors (Lipinski definition) is 4. The van der Waals surface area contributed by atoms with Crippen LogP contribution in [-0.4, -0.2) is 36.3 Å². The Morgan fingerprint density at radius 2 is 2.16 bits per heavy atom. The second kappa shape index (κ2) is 5.56. The fourth-order valence-corrected chi connectivity index (χ4v) is 1.95. The number of nitrogens with one attached hydrogen (secondary N) is 1. The maximum absolute atomic E-state index is 12.5. The van der Waals surface area contributed by atoms with E-state index in [1.54, 1.807) is 24.3 Å². The van der Waals surface area contributed by atoms with Crippen molar-refractivity contribution in [3.05, 3.63) is 29.7 Å². The molecule has 0 fully saturated rings. The molecular weight excluding hydrogens is 257 g/mol. The van der Waals surface area contributed by atoms with E-state index in [-0.39, 0.29) is 13.0 Å². The van der Waals surface area contributed by atoms with Gasteiger partial charge in [0.25, 0.3) is 0 Å². The first-order valence-corrected chi connectivity index (χ1v) is 5.97. The molecule has 1 aliphatic rings. The lowest BCUT2D eigenvalue weighted by Crippen LogP contribution is -2.32. The molecule has 0 unspecified atom stereocenters. The van der Waals surface area contributed by atoms with Gasteiger partial charge in [-0.1, -0.05) is 6.08 Å². The molecule has 1 aliphatic heterocycles. The Morgan fingerprint density at radius 1 is 1.37 bits per heavy atom. The van der Waals surface area contributed by atoms with Crippen molar-refractivity contribution in [3.8, 4) is 0 Å². The van der Waals surface area contributed by atoms with Crippen LogP contribution < -0.4 is 10.2 Å². The fourth-order valence-electron chi connectivity index (χ4n) is 1.95. The van der Waals surface area contributed by atoms with Crippen LogP contribution in [0.25, 0.3) is 0 Å². The highest BCUT2D eigenvalue weighted by Gasteiger charge is 2.34. The van der Waals surface area contributed by atoms with Crippen LogP contribution in [0.5, 0.6) is 0 Å². The van der Waals surface area contributed by atoms with E-state index in [1.807, 2.05) is 0 Å². The molecule has 2 heterocycles. The normalized spacial score (nSPS) is 16.4. The van der Waals surface area contributed by atoms with E-state index < -0.39 is 11.7 Å². The highest BCUT2D eigenvalue weighted by Crippen LogP contribution is 2.30. The van der Waals surface area contributed by atoms with E-state index >= 15 is 0 Å². The molecule has 7 heteroatoms. The summed E-state index contributed by atoms with van der Waals surface area (Å²) in [5.41, 5.74) is 0.314. The van der Waals surface area contributed by atoms with Crippen molar-refractivity contribution in [2.24, 2.45) is 0 Å². The first-order valence-electron chi connectivity index (χ1n) is 5.97. The van der Waals surface area contributed by atoms with Crippen molar-refractivity contribution in [1.82, 2.24) is 15.3 Å². The summed E-state index contributed by atoms with van der Waals surface area (Å²) >= 11 is 0. The molecule has 19 heavy (non-hydrogen) atoms. The molecule has 0 atom stereocenters. The fraction of sp³-hybridized carbons (Fsp3) is 0.500. The molecule has 4 nitrogen and oxygen atoms in total. The minimum atomic E-state index is -4.22. The van der Waals surface area contributed by atoms with E-state index in [2.05, 4.69) is 15.3 Å². The largest absolute Gasteiger partial charge is 0.412 e. The van der Waals surface area contributed by atoms with Gasteiger partial charge in [-0.25, -0.2) is 4.98 Å². The Kier molecular flexibility index (Phi) is 4.04. The van der Waals surface area contributed by atoms with Gasteiger partial charge in [-0.15, -0.1) is 0 Å². The van der Waals surface area contributed by atoms with E-state index in [0.717, 1.165) is 5.69 Å². The second-order valence-electron chi connectivity index (χ2n) is 4.32. The summed E-state index contributed by atoms with van der Waals surface area (Å²) in [5, 5.41) is 2.96. The van der Waals surface area contributed by atoms with Crippen LogP contribution in [0.1, 0.15) is 12.1 Å². The molecule has 0 saturated carbocycles. The molecular formula is C12H15F3N4. The van der Waals surface area contributed by atoms with Gasteiger partial charge < -0.3 is 10.2 Å². The minimum absolute atomic E-state index is 0.0125. The van der Waals surface area contributed by atoms with Gasteiger partial charge in [0.15, 0.2) is 0 Å². The highest BCUT2D eigenvalue weighted by atomic mass is 19.4. The summed E-state index contributed by atoms with van der Waals surface area (Å²) in [6.07, 6.45) is 0.204. The van der Waals surface area contributed by atoms with Crippen molar-refractivity contribution in [2.45, 2.75) is 19.1 Å². The molecule has 0 radical (unpaired) electrons. The van der Waals surface area contributed by atoms with Crippen LogP contribution in [0, 0.1) is 0 Å². The number of anilines is 1. The Bertz CT molecular complexity index is 470. The standard InChI is InChI=1S/C12H15F3N4/c1-16-6-10-7-17-8-11(18-10)19-4-2-9(3-5-19)12(13,14)15/h2,7-8,16H,3-6H2,1H3. The summed E-state index contributed by atoms with van der Waals surface area (Å²) in [4.78, 5) is 10.2. The molecule has 0 aromatic carbocycles. The van der Waals surface area contributed by atoms with Crippen LogP contribution in [0.3, 0.4) is 0 Å². The van der Waals surface area contributed by atoms with E-state index in [9.17, 15) is 13.2 Å². The van der Waals surface area contributed by atoms with E-state index in [4.69, 9.17) is 0 Å². The Hall–Kier alpha value is -1.63. The summed E-state index contributed by atoms with van der Waals surface area (Å²) in [5.74, 6) is 0.616. The maximum atomic E-state index is 12.5. The number of aromatic nitrogens is 2. The van der Waals surface area contributed by atoms with Gasteiger partial charge >= 0.3 is 6.18 Å². The van der Waals surface area contributed by atoms with Crippen LogP contribution in [0.4, 0.5) is 19.0 Å². The highest BCUT2D eigenvalue weighted by molar-refractivity contribution is 5.40. The van der Waals surface area contributed by atoms with E-state index in [0.29, 0.717) is 18.9 Å². The molecule has 2 rings (SSSR count).